The zero-order chi connectivity index (χ0) is 30.2. The van der Waals surface area contributed by atoms with Crippen LogP contribution in [-0.2, 0) is 12.8 Å². The number of benzene rings is 2. The van der Waals surface area contributed by atoms with Gasteiger partial charge in [0.15, 0.2) is 5.82 Å². The molecule has 4 aromatic rings. The minimum Gasteiger partial charge on any atom is -0.508 e. The monoisotopic (exact) mass is 599 g/mol. The fourth-order valence-electron chi connectivity index (χ4n) is 8.71. The van der Waals surface area contributed by atoms with Gasteiger partial charge in [-0.15, -0.1) is 0 Å². The van der Waals surface area contributed by atoms with Gasteiger partial charge >= 0.3 is 6.01 Å². The summed E-state index contributed by atoms with van der Waals surface area (Å²) < 4.78 is 38.6. The topological polar surface area (TPSA) is 74.6 Å². The maximum atomic E-state index is 17.0. The number of aryl methyl sites for hydroxylation is 2. The van der Waals surface area contributed by atoms with Crippen LogP contribution < -0.4 is 9.64 Å². The predicted molar refractivity (Wildman–Crippen MR) is 167 cm³/mol. The molecule has 9 heteroatoms. The lowest BCUT2D eigenvalue weighted by Crippen LogP contribution is -2.50. The van der Waals surface area contributed by atoms with Crippen LogP contribution in [0.15, 0.2) is 24.3 Å². The highest BCUT2D eigenvalue weighted by Crippen LogP contribution is 2.46. The number of hydrogen-bond acceptors (Lipinski definition) is 7. The molecule has 8 rings (SSSR count). The lowest BCUT2D eigenvalue weighted by Gasteiger charge is -2.45. The molecular weight excluding hydrogens is 560 g/mol. The first-order valence-electron chi connectivity index (χ1n) is 16.3. The van der Waals surface area contributed by atoms with Crippen LogP contribution in [0.3, 0.4) is 0 Å². The highest BCUT2D eigenvalue weighted by Gasteiger charge is 2.45. The number of halogens is 2. The lowest BCUT2D eigenvalue weighted by atomic mass is 9.85. The minimum absolute atomic E-state index is 0.000290. The predicted octanol–water partition coefficient (Wildman–Crippen LogP) is 7.09. The highest BCUT2D eigenvalue weighted by molar-refractivity contribution is 6.02. The number of pyridine rings is 1. The van der Waals surface area contributed by atoms with Crippen molar-refractivity contribution in [3.63, 3.8) is 0 Å². The molecule has 230 valence electrons. The Morgan fingerprint density at radius 2 is 1.75 bits per heavy atom. The standard InChI is InChI=1S/C35H39F2N5O2/c1-3-23-25(36)9-8-21-18-22(43)19-24(27(21)23)30-29(37)31-28-26(38-30)10-14-34(2)11-4-5-17-42(34)32(28)40-33(39-31)44-20-35-12-6-15-41(35)16-7-13-35/h8-9,18-19,43H,3-7,10-17,20H2,1-2H3. The smallest absolute Gasteiger partial charge is 0.319 e. The molecule has 0 radical (unpaired) electrons. The number of phenolic OH excluding ortho intramolecular Hbond substituents is 1. The molecule has 7 nitrogen and oxygen atoms in total. The third-order valence-corrected chi connectivity index (χ3v) is 11.0. The molecule has 2 aromatic heterocycles. The Morgan fingerprint density at radius 3 is 2.55 bits per heavy atom. The van der Waals surface area contributed by atoms with Crippen molar-refractivity contribution in [2.75, 3.05) is 31.1 Å². The van der Waals surface area contributed by atoms with Gasteiger partial charge in [0.2, 0.25) is 0 Å². The van der Waals surface area contributed by atoms with E-state index in [2.05, 4.69) is 16.7 Å². The van der Waals surface area contributed by atoms with Crippen LogP contribution in [0.25, 0.3) is 32.9 Å². The number of aromatic nitrogens is 3. The van der Waals surface area contributed by atoms with Crippen molar-refractivity contribution in [3.05, 3.63) is 47.2 Å². The van der Waals surface area contributed by atoms with Crippen LogP contribution in [0.5, 0.6) is 11.8 Å². The fourth-order valence-corrected chi connectivity index (χ4v) is 8.71. The van der Waals surface area contributed by atoms with E-state index in [0.717, 1.165) is 76.7 Å². The van der Waals surface area contributed by atoms with E-state index in [4.69, 9.17) is 19.7 Å². The third kappa shape index (κ3) is 4.18. The Morgan fingerprint density at radius 1 is 0.932 bits per heavy atom. The van der Waals surface area contributed by atoms with E-state index < -0.39 is 5.82 Å². The summed E-state index contributed by atoms with van der Waals surface area (Å²) in [5.41, 5.74) is 1.68. The van der Waals surface area contributed by atoms with Crippen molar-refractivity contribution in [1.29, 1.82) is 0 Å². The van der Waals surface area contributed by atoms with Crippen molar-refractivity contribution >= 4 is 27.5 Å². The number of aromatic hydroxyl groups is 1. The first-order chi connectivity index (χ1) is 21.3. The Bertz CT molecular complexity index is 1800. The summed E-state index contributed by atoms with van der Waals surface area (Å²) >= 11 is 0. The molecule has 44 heavy (non-hydrogen) atoms. The second-order valence-corrected chi connectivity index (χ2v) is 13.6. The van der Waals surface area contributed by atoms with Crippen LogP contribution in [0.1, 0.15) is 76.5 Å². The van der Waals surface area contributed by atoms with E-state index in [1.54, 1.807) is 12.1 Å². The normalized spacial score (nSPS) is 22.8. The van der Waals surface area contributed by atoms with Crippen molar-refractivity contribution in [1.82, 2.24) is 19.9 Å². The maximum absolute atomic E-state index is 17.0. The molecule has 1 unspecified atom stereocenters. The Labute approximate surface area is 256 Å². The van der Waals surface area contributed by atoms with E-state index >= 15 is 8.78 Å². The van der Waals surface area contributed by atoms with Gasteiger partial charge in [-0.05, 0) is 119 Å². The first-order valence-corrected chi connectivity index (χ1v) is 16.3. The molecule has 4 aliphatic rings. The van der Waals surface area contributed by atoms with E-state index in [0.29, 0.717) is 52.6 Å². The average Bonchev–Trinajstić information content (AvgIpc) is 3.57. The van der Waals surface area contributed by atoms with Crippen molar-refractivity contribution in [2.45, 2.75) is 89.1 Å². The average molecular weight is 600 g/mol. The number of ether oxygens (including phenoxy) is 1. The van der Waals surface area contributed by atoms with Crippen LogP contribution >= 0.6 is 0 Å². The zero-order valence-corrected chi connectivity index (χ0v) is 25.6. The third-order valence-electron chi connectivity index (χ3n) is 11.0. The van der Waals surface area contributed by atoms with Gasteiger partial charge in [0.1, 0.15) is 35.2 Å². The van der Waals surface area contributed by atoms with E-state index in [9.17, 15) is 5.11 Å². The second kappa shape index (κ2) is 10.2. The van der Waals surface area contributed by atoms with Gasteiger partial charge < -0.3 is 14.7 Å². The van der Waals surface area contributed by atoms with Crippen molar-refractivity contribution in [3.8, 4) is 23.0 Å². The fraction of sp³-hybridized carbons (Fsp3) is 0.514. The van der Waals surface area contributed by atoms with Gasteiger partial charge in [0.25, 0.3) is 0 Å². The Hall–Kier alpha value is -3.59. The lowest BCUT2D eigenvalue weighted by molar-refractivity contribution is 0.107. The first kappa shape index (κ1) is 27.9. The van der Waals surface area contributed by atoms with Crippen molar-refractivity contribution in [2.24, 2.45) is 0 Å². The molecule has 0 amide bonds. The summed E-state index contributed by atoms with van der Waals surface area (Å²) in [5, 5.41) is 12.5. The van der Waals surface area contributed by atoms with Crippen LogP contribution in [0, 0.1) is 11.6 Å². The molecular formula is C35H39F2N5O2. The quantitative estimate of drug-likeness (QED) is 0.262. The Kier molecular flexibility index (Phi) is 6.49. The number of phenols is 1. The summed E-state index contributed by atoms with van der Waals surface area (Å²) in [4.78, 5) is 19.6. The van der Waals surface area contributed by atoms with E-state index in [-0.39, 0.29) is 39.9 Å². The SMILES string of the molecule is CCc1c(F)ccc2cc(O)cc(-c3nc4c5c(nc(OCC67CCCN6CCC7)nc5c3F)N3CCCCC3(C)CC4)c12. The zero-order valence-electron chi connectivity index (χ0n) is 25.6. The molecule has 6 heterocycles. The summed E-state index contributed by atoms with van der Waals surface area (Å²) in [5.74, 6) is -0.283. The Balaban J connectivity index is 1.35. The molecule has 0 saturated carbocycles. The minimum atomic E-state index is -0.599. The van der Waals surface area contributed by atoms with Gasteiger partial charge in [-0.2, -0.15) is 9.97 Å². The molecule has 0 spiro atoms. The molecule has 3 saturated heterocycles. The molecule has 2 aromatic carbocycles. The largest absolute Gasteiger partial charge is 0.508 e. The highest BCUT2D eigenvalue weighted by atomic mass is 19.1. The van der Waals surface area contributed by atoms with Crippen LogP contribution in [0.2, 0.25) is 0 Å². The number of anilines is 1. The van der Waals surface area contributed by atoms with Gasteiger partial charge in [-0.3, -0.25) is 4.90 Å². The van der Waals surface area contributed by atoms with Crippen LogP contribution in [0.4, 0.5) is 14.6 Å². The molecule has 0 bridgehead atoms. The van der Waals surface area contributed by atoms with Gasteiger partial charge in [-0.1, -0.05) is 13.0 Å². The molecule has 1 N–H and O–H groups in total. The second-order valence-electron chi connectivity index (χ2n) is 13.6. The maximum Gasteiger partial charge on any atom is 0.319 e. The van der Waals surface area contributed by atoms with E-state index in [1.807, 2.05) is 6.92 Å². The van der Waals surface area contributed by atoms with Crippen LogP contribution in [-0.4, -0.2) is 62.3 Å². The summed E-state index contributed by atoms with van der Waals surface area (Å²) in [6, 6.07) is 6.31. The summed E-state index contributed by atoms with van der Waals surface area (Å²) in [7, 11) is 0. The van der Waals surface area contributed by atoms with E-state index in [1.165, 1.54) is 12.1 Å². The molecule has 1 atom stereocenters. The number of fused-ring (bicyclic) bond motifs is 4. The number of piperidine rings is 1. The molecule has 3 fully saturated rings. The summed E-state index contributed by atoms with van der Waals surface area (Å²) in [6.07, 6.45) is 9.58. The van der Waals surface area contributed by atoms with Gasteiger partial charge in [-0.25, -0.2) is 13.8 Å². The van der Waals surface area contributed by atoms with Gasteiger partial charge in [0, 0.05) is 17.6 Å². The molecule has 0 aliphatic carbocycles. The molecule has 4 aliphatic heterocycles. The van der Waals surface area contributed by atoms with Gasteiger partial charge in [0.05, 0.1) is 16.6 Å². The summed E-state index contributed by atoms with van der Waals surface area (Å²) in [6.45, 7) is 7.64. The number of nitrogens with zero attached hydrogens (tertiary/aromatic N) is 5. The van der Waals surface area contributed by atoms with Crippen molar-refractivity contribution < 1.29 is 18.6 Å². The number of rotatable bonds is 5. The number of hydrogen-bond donors (Lipinski definition) is 1.